The molecule has 4 nitrogen and oxygen atoms in total. The van der Waals surface area contributed by atoms with Gasteiger partial charge in [0.05, 0.1) is 23.0 Å². The van der Waals surface area contributed by atoms with Crippen LogP contribution >= 0.6 is 11.8 Å². The summed E-state index contributed by atoms with van der Waals surface area (Å²) < 4.78 is 4.69. The molecule has 0 bridgehead atoms. The number of thioether (sulfide) groups is 1. The van der Waals surface area contributed by atoms with Crippen LogP contribution in [0.5, 0.6) is 0 Å². The monoisotopic (exact) mass is 201 g/mol. The van der Waals surface area contributed by atoms with Crippen molar-refractivity contribution in [1.29, 1.82) is 0 Å². The maximum absolute atomic E-state index is 11.0. The van der Waals surface area contributed by atoms with E-state index in [-0.39, 0.29) is 11.2 Å². The predicted octanol–water partition coefficient (Wildman–Crippen LogP) is 0.642. The van der Waals surface area contributed by atoms with Gasteiger partial charge in [-0.1, -0.05) is 11.8 Å². The fourth-order valence-electron chi connectivity index (χ4n) is 0.858. The number of hydrogen-bond acceptors (Lipinski definition) is 4. The molecule has 72 valence electrons. The summed E-state index contributed by atoms with van der Waals surface area (Å²) in [5.41, 5.74) is 0. The van der Waals surface area contributed by atoms with Crippen LogP contribution in [0, 0.1) is 0 Å². The van der Waals surface area contributed by atoms with Crippen molar-refractivity contribution < 1.29 is 14.3 Å². The second-order valence-corrected chi connectivity index (χ2v) is 3.89. The van der Waals surface area contributed by atoms with Crippen LogP contribution in [0.3, 0.4) is 0 Å². The summed E-state index contributed by atoms with van der Waals surface area (Å²) in [5, 5.41) is 3.02. The molecule has 0 aliphatic carbocycles. The normalized spacial score (nSPS) is 24.6. The van der Waals surface area contributed by atoms with Gasteiger partial charge in [0, 0.05) is 0 Å². The molecule has 0 saturated carbocycles. The third kappa shape index (κ3) is 2.77. The van der Waals surface area contributed by atoms with Gasteiger partial charge in [-0.3, -0.25) is 4.79 Å². The lowest BCUT2D eigenvalue weighted by Crippen LogP contribution is -2.19. The Labute approximate surface area is 80.7 Å². The minimum atomic E-state index is -0.417. The average molecular weight is 201 g/mol. The van der Waals surface area contributed by atoms with E-state index < -0.39 is 5.97 Å². The summed E-state index contributed by atoms with van der Waals surface area (Å²) in [6.45, 7) is 3.86. The van der Waals surface area contributed by atoms with Crippen molar-refractivity contribution in [3.63, 3.8) is 0 Å². The lowest BCUT2D eigenvalue weighted by Gasteiger charge is -1.97. The van der Waals surface area contributed by atoms with Crippen molar-refractivity contribution in [2.24, 2.45) is 0 Å². The van der Waals surface area contributed by atoms with Gasteiger partial charge in [0.25, 0.3) is 0 Å². The zero-order valence-electron chi connectivity index (χ0n) is 7.49. The first-order chi connectivity index (χ1) is 6.13. The molecule has 1 heterocycles. The van der Waals surface area contributed by atoms with E-state index in [1.54, 1.807) is 13.8 Å². The smallest absolute Gasteiger partial charge is 0.333 e. The van der Waals surface area contributed by atoms with Crippen LogP contribution < -0.4 is 5.32 Å². The Morgan fingerprint density at radius 1 is 1.77 bits per heavy atom. The van der Waals surface area contributed by atoms with E-state index in [2.05, 4.69) is 5.32 Å². The van der Waals surface area contributed by atoms with Crippen molar-refractivity contribution >= 4 is 23.6 Å². The van der Waals surface area contributed by atoms with Crippen molar-refractivity contribution in [3.05, 3.63) is 11.1 Å². The van der Waals surface area contributed by atoms with Crippen molar-refractivity contribution in [2.45, 2.75) is 19.1 Å². The standard InChI is InChI=1S/C8H11NO3S/c1-3-12-7(10)4-6-9-8(11)5(2)13-6/h4-5H,3H2,1-2H3,(H,9,11)/b6-4-. The van der Waals surface area contributed by atoms with Crippen molar-refractivity contribution in [1.82, 2.24) is 5.32 Å². The molecule has 0 aromatic rings. The molecular weight excluding hydrogens is 190 g/mol. The second kappa shape index (κ2) is 4.32. The molecule has 0 aromatic heterocycles. The summed E-state index contributed by atoms with van der Waals surface area (Å²) in [4.78, 5) is 21.9. The van der Waals surface area contributed by atoms with Gasteiger partial charge in [-0.15, -0.1) is 0 Å². The van der Waals surface area contributed by atoms with Crippen LogP contribution in [0.15, 0.2) is 11.1 Å². The maximum atomic E-state index is 11.0. The molecule has 0 radical (unpaired) electrons. The van der Waals surface area contributed by atoms with Gasteiger partial charge in [0.2, 0.25) is 5.91 Å². The van der Waals surface area contributed by atoms with E-state index in [9.17, 15) is 9.59 Å². The van der Waals surface area contributed by atoms with E-state index in [1.807, 2.05) is 0 Å². The van der Waals surface area contributed by atoms with Crippen LogP contribution in [-0.2, 0) is 14.3 Å². The van der Waals surface area contributed by atoms with Crippen LogP contribution in [0.1, 0.15) is 13.8 Å². The second-order valence-electron chi connectivity index (χ2n) is 2.51. The Kier molecular flexibility index (Phi) is 3.36. The quantitative estimate of drug-likeness (QED) is 0.526. The maximum Gasteiger partial charge on any atom is 0.333 e. The van der Waals surface area contributed by atoms with Gasteiger partial charge in [0.1, 0.15) is 0 Å². The van der Waals surface area contributed by atoms with Gasteiger partial charge < -0.3 is 10.1 Å². The highest BCUT2D eigenvalue weighted by atomic mass is 32.2. The van der Waals surface area contributed by atoms with Crippen LogP contribution in [0.4, 0.5) is 0 Å². The molecule has 1 atom stereocenters. The Morgan fingerprint density at radius 2 is 2.46 bits per heavy atom. The summed E-state index contributed by atoms with van der Waals surface area (Å²) in [6.07, 6.45) is 1.30. The van der Waals surface area contributed by atoms with Crippen LogP contribution in [-0.4, -0.2) is 23.7 Å². The first-order valence-corrected chi connectivity index (χ1v) is 4.87. The Bertz CT molecular complexity index is 262. The Balaban J connectivity index is 2.54. The van der Waals surface area contributed by atoms with Crippen molar-refractivity contribution in [2.75, 3.05) is 6.61 Å². The summed E-state index contributed by atoms with van der Waals surface area (Å²) >= 11 is 1.33. The van der Waals surface area contributed by atoms with E-state index in [4.69, 9.17) is 4.74 Å². The highest BCUT2D eigenvalue weighted by molar-refractivity contribution is 8.04. The van der Waals surface area contributed by atoms with Gasteiger partial charge in [-0.25, -0.2) is 4.79 Å². The molecular formula is C8H11NO3S. The average Bonchev–Trinajstić information content (AvgIpc) is 2.31. The number of ether oxygens (including phenoxy) is 1. The van der Waals surface area contributed by atoms with Gasteiger partial charge in [-0.2, -0.15) is 0 Å². The topological polar surface area (TPSA) is 55.4 Å². The molecule has 1 N–H and O–H groups in total. The molecule has 1 fully saturated rings. The molecule has 1 amide bonds. The van der Waals surface area contributed by atoms with Gasteiger partial charge in [-0.05, 0) is 13.8 Å². The van der Waals surface area contributed by atoms with E-state index in [0.29, 0.717) is 11.6 Å². The van der Waals surface area contributed by atoms with Gasteiger partial charge in [0.15, 0.2) is 0 Å². The zero-order chi connectivity index (χ0) is 9.84. The molecule has 1 rings (SSSR count). The summed E-state index contributed by atoms with van der Waals surface area (Å²) in [6, 6.07) is 0. The molecule has 0 spiro atoms. The molecule has 1 aliphatic heterocycles. The van der Waals surface area contributed by atoms with E-state index in [1.165, 1.54) is 17.8 Å². The molecule has 13 heavy (non-hydrogen) atoms. The Hall–Kier alpha value is -0.970. The summed E-state index contributed by atoms with van der Waals surface area (Å²) in [5.74, 6) is -0.486. The lowest BCUT2D eigenvalue weighted by molar-refractivity contribution is -0.137. The third-order valence-electron chi connectivity index (χ3n) is 1.45. The number of esters is 1. The number of amides is 1. The minimum absolute atomic E-state index is 0.0689. The third-order valence-corrected chi connectivity index (χ3v) is 2.50. The molecule has 0 aromatic carbocycles. The largest absolute Gasteiger partial charge is 0.463 e. The molecule has 1 unspecified atom stereocenters. The first kappa shape index (κ1) is 10.1. The molecule has 1 saturated heterocycles. The Morgan fingerprint density at radius 3 is 2.92 bits per heavy atom. The van der Waals surface area contributed by atoms with Crippen LogP contribution in [0.2, 0.25) is 0 Å². The fraction of sp³-hybridized carbons (Fsp3) is 0.500. The SMILES string of the molecule is CCOC(=O)/C=C1/NC(=O)C(C)S1. The van der Waals surface area contributed by atoms with E-state index in [0.717, 1.165) is 0 Å². The fourth-order valence-corrected chi connectivity index (χ4v) is 1.73. The lowest BCUT2D eigenvalue weighted by atomic mass is 10.4. The minimum Gasteiger partial charge on any atom is -0.463 e. The number of hydrogen-bond donors (Lipinski definition) is 1. The first-order valence-electron chi connectivity index (χ1n) is 3.99. The number of nitrogens with one attached hydrogen (secondary N) is 1. The highest BCUT2D eigenvalue weighted by Crippen LogP contribution is 2.25. The molecule has 5 heteroatoms. The van der Waals surface area contributed by atoms with Crippen LogP contribution in [0.25, 0.3) is 0 Å². The van der Waals surface area contributed by atoms with Gasteiger partial charge >= 0.3 is 5.97 Å². The number of carbonyl (C=O) groups excluding carboxylic acids is 2. The summed E-state index contributed by atoms with van der Waals surface area (Å²) in [7, 11) is 0. The predicted molar refractivity (Wildman–Crippen MR) is 49.9 cm³/mol. The van der Waals surface area contributed by atoms with E-state index >= 15 is 0 Å². The molecule has 1 aliphatic rings. The zero-order valence-corrected chi connectivity index (χ0v) is 8.31. The number of rotatable bonds is 2. The number of carbonyl (C=O) groups is 2. The van der Waals surface area contributed by atoms with Crippen molar-refractivity contribution in [3.8, 4) is 0 Å². The highest BCUT2D eigenvalue weighted by Gasteiger charge is 2.24.